The molecule has 0 fully saturated rings. The molecule has 0 aliphatic carbocycles. The Labute approximate surface area is 63.5 Å². The Hall–Kier alpha value is -0.530. The maximum Gasteiger partial charge on any atom is 0.0785 e. The van der Waals surface area contributed by atoms with Gasteiger partial charge in [0.2, 0.25) is 0 Å². The fraction of sp³-hybridized carbons (Fsp3) is 0.750. The van der Waals surface area contributed by atoms with Crippen molar-refractivity contribution in [3.63, 3.8) is 0 Å². The molecule has 0 unspecified atom stereocenters. The molecule has 0 aromatic carbocycles. The van der Waals surface area contributed by atoms with Crippen molar-refractivity contribution in [2.75, 3.05) is 20.8 Å². The summed E-state index contributed by atoms with van der Waals surface area (Å²) in [5.74, 6) is 0. The first kappa shape index (κ1) is 12.2. The van der Waals surface area contributed by atoms with Gasteiger partial charge in [-0.2, -0.15) is 0 Å². The lowest BCUT2D eigenvalue weighted by atomic mass is 10.5. The summed E-state index contributed by atoms with van der Waals surface area (Å²) in [6.45, 7) is 5.21. The molecule has 0 aromatic rings. The molecule has 0 aromatic heterocycles. The normalized spacial score (nSPS) is 13.1. The second kappa shape index (κ2) is 11.3. The van der Waals surface area contributed by atoms with E-state index in [1.54, 1.807) is 0 Å². The first-order valence-corrected chi connectivity index (χ1v) is 3.64. The molecule has 10 heavy (non-hydrogen) atoms. The number of hydrogen-bond acceptors (Lipinski definition) is 1. The summed E-state index contributed by atoms with van der Waals surface area (Å²) in [6, 6.07) is 0. The maximum absolute atomic E-state index is 9.50. The summed E-state index contributed by atoms with van der Waals surface area (Å²) in [4.78, 5) is 2.18. The Kier molecular flexibility index (Phi) is 13.7. The van der Waals surface area contributed by atoms with Crippen LogP contribution in [0.15, 0.2) is 12.3 Å². The van der Waals surface area contributed by atoms with Gasteiger partial charge < -0.3 is 4.90 Å². The van der Waals surface area contributed by atoms with Crippen LogP contribution in [0.25, 0.3) is 0 Å². The van der Waals surface area contributed by atoms with Crippen molar-refractivity contribution >= 4 is 0 Å². The first-order chi connectivity index (χ1) is 4.89. The van der Waals surface area contributed by atoms with Gasteiger partial charge in [0.05, 0.1) is 7.18 Å². The van der Waals surface area contributed by atoms with E-state index in [-0.39, 0.29) is 0 Å². The van der Waals surface area contributed by atoms with Gasteiger partial charge in [0.15, 0.2) is 0 Å². The Morgan fingerprint density at radius 1 is 1.30 bits per heavy atom. The molecule has 0 atom stereocenters. The molecule has 0 amide bonds. The average Bonchev–Trinajstić information content (AvgIpc) is 2.48. The second-order valence-electron chi connectivity index (χ2n) is 1.65. The van der Waals surface area contributed by atoms with Gasteiger partial charge in [-0.3, -0.25) is 4.39 Å². The van der Waals surface area contributed by atoms with E-state index in [1.165, 1.54) is 13.0 Å². The molecule has 1 nitrogen and oxygen atoms in total. The average molecular weight is 147 g/mol. The van der Waals surface area contributed by atoms with Gasteiger partial charge in [0, 0.05) is 13.6 Å². The zero-order valence-electron chi connectivity index (χ0n) is 7.39. The molecular weight excluding hydrogens is 129 g/mol. The van der Waals surface area contributed by atoms with Crippen LogP contribution in [-0.2, 0) is 0 Å². The summed E-state index contributed by atoms with van der Waals surface area (Å²) in [5, 5.41) is 0. The van der Waals surface area contributed by atoms with Gasteiger partial charge in [-0.25, -0.2) is 0 Å². The zero-order chi connectivity index (χ0) is 8.41. The van der Waals surface area contributed by atoms with Gasteiger partial charge >= 0.3 is 0 Å². The van der Waals surface area contributed by atoms with Crippen molar-refractivity contribution in [3.8, 4) is 0 Å². The fourth-order valence-corrected chi connectivity index (χ4v) is 0.607. The minimum Gasteiger partial charge on any atom is -0.380 e. The zero-order valence-corrected chi connectivity index (χ0v) is 7.39. The Bertz CT molecular complexity index is 71.7. The van der Waals surface area contributed by atoms with Crippen LogP contribution in [0.3, 0.4) is 0 Å². The Balaban J connectivity index is 0. The quantitative estimate of drug-likeness (QED) is 0.508. The van der Waals surface area contributed by atoms with Crippen LogP contribution >= 0.6 is 0 Å². The van der Waals surface area contributed by atoms with Crippen molar-refractivity contribution < 1.29 is 4.39 Å². The minimum absolute atomic E-state index is 0.500. The fourth-order valence-electron chi connectivity index (χ4n) is 0.607. The smallest absolute Gasteiger partial charge is 0.0785 e. The lowest BCUT2D eigenvalue weighted by Crippen LogP contribution is -2.04. The van der Waals surface area contributed by atoms with Crippen LogP contribution in [0, 0.1) is 0 Å². The highest BCUT2D eigenvalue weighted by atomic mass is 19.1. The number of hydrogen-bond donors (Lipinski definition) is 0. The molecule has 2 heteroatoms. The highest BCUT2D eigenvalue weighted by molar-refractivity contribution is 4.88. The van der Waals surface area contributed by atoms with Crippen molar-refractivity contribution in [1.82, 2.24) is 4.90 Å². The summed E-state index contributed by atoms with van der Waals surface area (Å²) in [5.41, 5.74) is 0. The molecule has 0 N–H and O–H groups in total. The van der Waals surface area contributed by atoms with Crippen molar-refractivity contribution in [1.29, 1.82) is 0 Å². The Morgan fingerprint density at radius 3 is 1.90 bits per heavy atom. The highest BCUT2D eigenvalue weighted by Gasteiger charge is 1.92. The van der Waals surface area contributed by atoms with E-state index in [9.17, 15) is 4.39 Å². The monoisotopic (exact) mass is 147 g/mol. The summed E-state index contributed by atoms with van der Waals surface area (Å²) >= 11 is 0. The van der Waals surface area contributed by atoms with Crippen LogP contribution < -0.4 is 0 Å². The molecule has 62 valence electrons. The van der Waals surface area contributed by atoms with E-state index in [1.807, 2.05) is 13.8 Å². The summed E-state index contributed by atoms with van der Waals surface area (Å²) in [6.07, 6.45) is 5.52. The molecule has 1 heterocycles. The molecule has 1 aliphatic rings. The van der Waals surface area contributed by atoms with Gasteiger partial charge in [-0.1, -0.05) is 19.9 Å². The third-order valence-corrected chi connectivity index (χ3v) is 1.01. The second-order valence-corrected chi connectivity index (χ2v) is 1.65. The summed E-state index contributed by atoms with van der Waals surface area (Å²) < 4.78 is 9.50. The molecular formula is C8H18FN. The van der Waals surface area contributed by atoms with Crippen LogP contribution in [0.5, 0.6) is 0 Å². The minimum atomic E-state index is 0.500. The van der Waals surface area contributed by atoms with Crippen molar-refractivity contribution in [2.24, 2.45) is 0 Å². The molecule has 1 rings (SSSR count). The van der Waals surface area contributed by atoms with E-state index >= 15 is 0 Å². The molecule has 0 bridgehead atoms. The van der Waals surface area contributed by atoms with Crippen LogP contribution in [0.4, 0.5) is 4.39 Å². The number of nitrogens with zero attached hydrogens (tertiary/aromatic N) is 1. The molecule has 1 aliphatic heterocycles. The molecule has 0 saturated carbocycles. The van der Waals surface area contributed by atoms with Crippen molar-refractivity contribution in [3.05, 3.63) is 12.3 Å². The van der Waals surface area contributed by atoms with E-state index in [2.05, 4.69) is 24.2 Å². The summed E-state index contributed by atoms with van der Waals surface area (Å²) in [7, 11) is 2.59. The molecule has 0 radical (unpaired) electrons. The third-order valence-electron chi connectivity index (χ3n) is 1.01. The number of alkyl halides is 1. The van der Waals surface area contributed by atoms with Crippen LogP contribution in [-0.4, -0.2) is 25.7 Å². The standard InChI is InChI=1S/C5H9N.C2H6.CH3F/c1-6-4-2-3-5-6;2*1-2/h2,4H,3,5H2,1H3;1-2H3;1H3. The van der Waals surface area contributed by atoms with Gasteiger partial charge in [-0.15, -0.1) is 0 Å². The van der Waals surface area contributed by atoms with Crippen LogP contribution in [0.1, 0.15) is 20.3 Å². The first-order valence-electron chi connectivity index (χ1n) is 3.64. The van der Waals surface area contributed by atoms with E-state index in [0.717, 1.165) is 0 Å². The van der Waals surface area contributed by atoms with Crippen molar-refractivity contribution in [2.45, 2.75) is 20.3 Å². The van der Waals surface area contributed by atoms with Crippen LogP contribution in [0.2, 0.25) is 0 Å². The van der Waals surface area contributed by atoms with E-state index in [0.29, 0.717) is 7.18 Å². The third kappa shape index (κ3) is 7.47. The Morgan fingerprint density at radius 2 is 1.80 bits per heavy atom. The van der Waals surface area contributed by atoms with E-state index in [4.69, 9.17) is 0 Å². The lowest BCUT2D eigenvalue weighted by Gasteiger charge is -2.02. The van der Waals surface area contributed by atoms with E-state index < -0.39 is 0 Å². The van der Waals surface area contributed by atoms with Gasteiger partial charge in [0.1, 0.15) is 0 Å². The molecule has 0 saturated heterocycles. The SMILES string of the molecule is CC.CF.CN1C=CCC1. The number of rotatable bonds is 0. The largest absolute Gasteiger partial charge is 0.380 e. The van der Waals surface area contributed by atoms with Gasteiger partial charge in [-0.05, 0) is 12.6 Å². The lowest BCUT2D eigenvalue weighted by molar-refractivity contribution is 0.496. The molecule has 0 spiro atoms. The number of halogens is 1. The maximum atomic E-state index is 9.50. The predicted octanol–water partition coefficient (Wildman–Crippen LogP) is 2.45. The predicted molar refractivity (Wildman–Crippen MR) is 44.8 cm³/mol. The van der Waals surface area contributed by atoms with Gasteiger partial charge in [0.25, 0.3) is 0 Å². The highest BCUT2D eigenvalue weighted by Crippen LogP contribution is 1.97. The topological polar surface area (TPSA) is 3.24 Å².